The predicted octanol–water partition coefficient (Wildman–Crippen LogP) is 3.78. The molecule has 2 rings (SSSR count). The number of rotatable bonds is 6. The number of nitrogens with two attached hydrogens (primary N) is 1. The average Bonchev–Trinajstić information content (AvgIpc) is 2.92. The molecule has 0 aliphatic heterocycles. The van der Waals surface area contributed by atoms with Crippen molar-refractivity contribution in [2.24, 2.45) is 5.73 Å². The van der Waals surface area contributed by atoms with Crippen molar-refractivity contribution in [3.05, 3.63) is 52.2 Å². The summed E-state index contributed by atoms with van der Waals surface area (Å²) >= 11 is 1.72. The number of benzene rings is 1. The van der Waals surface area contributed by atoms with Crippen molar-refractivity contribution < 1.29 is 4.74 Å². The Balaban J connectivity index is 1.83. The first-order chi connectivity index (χ1) is 8.79. The van der Waals surface area contributed by atoms with Gasteiger partial charge in [-0.2, -0.15) is 11.3 Å². The van der Waals surface area contributed by atoms with Crippen molar-refractivity contribution in [1.82, 2.24) is 0 Å². The molecule has 0 spiro atoms. The highest BCUT2D eigenvalue weighted by molar-refractivity contribution is 7.07. The Labute approximate surface area is 112 Å². The van der Waals surface area contributed by atoms with E-state index < -0.39 is 0 Å². The van der Waals surface area contributed by atoms with Crippen LogP contribution >= 0.6 is 11.3 Å². The van der Waals surface area contributed by atoms with E-state index in [1.54, 1.807) is 11.3 Å². The molecule has 2 N–H and O–H groups in total. The van der Waals surface area contributed by atoms with E-state index in [1.807, 2.05) is 24.3 Å². The normalized spacial score (nSPS) is 12.3. The molecule has 18 heavy (non-hydrogen) atoms. The average molecular weight is 261 g/mol. The lowest BCUT2D eigenvalue weighted by molar-refractivity contribution is 0.322. The second-order valence-electron chi connectivity index (χ2n) is 4.31. The Bertz CT molecular complexity index is 450. The first kappa shape index (κ1) is 13.1. The maximum atomic E-state index is 5.97. The Morgan fingerprint density at radius 1 is 1.22 bits per heavy atom. The molecule has 1 heterocycles. The second kappa shape index (κ2) is 6.57. The Hall–Kier alpha value is -1.32. The van der Waals surface area contributed by atoms with E-state index in [9.17, 15) is 0 Å². The van der Waals surface area contributed by atoms with Crippen LogP contribution in [0, 0.1) is 0 Å². The van der Waals surface area contributed by atoms with Gasteiger partial charge in [0.05, 0.1) is 6.61 Å². The molecule has 0 aliphatic carbocycles. The van der Waals surface area contributed by atoms with E-state index in [1.165, 1.54) is 11.1 Å². The van der Waals surface area contributed by atoms with Gasteiger partial charge in [-0.15, -0.1) is 0 Å². The van der Waals surface area contributed by atoms with Gasteiger partial charge in [0.25, 0.3) is 0 Å². The van der Waals surface area contributed by atoms with E-state index in [2.05, 4.69) is 23.8 Å². The van der Waals surface area contributed by atoms with E-state index in [4.69, 9.17) is 10.5 Å². The van der Waals surface area contributed by atoms with Crippen LogP contribution in [-0.2, 0) is 6.42 Å². The Morgan fingerprint density at radius 3 is 2.61 bits per heavy atom. The fourth-order valence-electron chi connectivity index (χ4n) is 1.77. The van der Waals surface area contributed by atoms with Gasteiger partial charge in [-0.1, -0.05) is 19.1 Å². The summed E-state index contributed by atoms with van der Waals surface area (Å²) in [5, 5.41) is 4.25. The maximum Gasteiger partial charge on any atom is 0.119 e. The van der Waals surface area contributed by atoms with Crippen molar-refractivity contribution in [3.8, 4) is 5.75 Å². The molecule has 1 atom stereocenters. The maximum absolute atomic E-state index is 5.97. The Morgan fingerprint density at radius 2 is 2.00 bits per heavy atom. The summed E-state index contributed by atoms with van der Waals surface area (Å²) in [6, 6.07) is 10.4. The lowest BCUT2D eigenvalue weighted by Crippen LogP contribution is -2.08. The quantitative estimate of drug-likeness (QED) is 0.859. The highest BCUT2D eigenvalue weighted by Crippen LogP contribution is 2.18. The fourth-order valence-corrected chi connectivity index (χ4v) is 2.47. The van der Waals surface area contributed by atoms with Crippen LogP contribution in [0.4, 0.5) is 0 Å². The fraction of sp³-hybridized carbons (Fsp3) is 0.333. The number of ether oxygens (including phenoxy) is 1. The molecule has 2 nitrogen and oxygen atoms in total. The van der Waals surface area contributed by atoms with Crippen LogP contribution in [0.5, 0.6) is 5.75 Å². The third-order valence-corrected chi connectivity index (χ3v) is 3.72. The zero-order chi connectivity index (χ0) is 12.8. The summed E-state index contributed by atoms with van der Waals surface area (Å²) in [6.07, 6.45) is 1.91. The molecule has 1 unspecified atom stereocenters. The minimum absolute atomic E-state index is 0.129. The minimum Gasteiger partial charge on any atom is -0.493 e. The van der Waals surface area contributed by atoms with Crippen molar-refractivity contribution in [1.29, 1.82) is 0 Å². The lowest BCUT2D eigenvalue weighted by Gasteiger charge is -2.10. The molecule has 2 aromatic rings. The van der Waals surface area contributed by atoms with Crippen LogP contribution in [0.25, 0.3) is 0 Å². The first-order valence-electron chi connectivity index (χ1n) is 6.29. The highest BCUT2D eigenvalue weighted by atomic mass is 32.1. The van der Waals surface area contributed by atoms with Crippen LogP contribution < -0.4 is 10.5 Å². The van der Waals surface area contributed by atoms with Gasteiger partial charge in [0.15, 0.2) is 0 Å². The summed E-state index contributed by atoms with van der Waals surface area (Å²) < 4.78 is 5.71. The lowest BCUT2D eigenvalue weighted by atomic mass is 10.1. The van der Waals surface area contributed by atoms with Crippen molar-refractivity contribution in [3.63, 3.8) is 0 Å². The van der Waals surface area contributed by atoms with Gasteiger partial charge in [0.2, 0.25) is 0 Å². The second-order valence-corrected chi connectivity index (χ2v) is 5.09. The van der Waals surface area contributed by atoms with Crippen LogP contribution in [0.15, 0.2) is 41.1 Å². The van der Waals surface area contributed by atoms with Crippen molar-refractivity contribution in [2.75, 3.05) is 6.61 Å². The SMILES string of the molecule is CCC(N)c1ccc(OCCc2ccsc2)cc1. The molecular formula is C15H19NOS. The molecule has 3 heteroatoms. The standard InChI is InChI=1S/C15H19NOS/c1-2-15(16)13-3-5-14(6-4-13)17-9-7-12-8-10-18-11-12/h3-6,8,10-11,15H,2,7,9,16H2,1H3. The summed E-state index contributed by atoms with van der Waals surface area (Å²) in [5.41, 5.74) is 8.48. The van der Waals surface area contributed by atoms with E-state index in [-0.39, 0.29) is 6.04 Å². The van der Waals surface area contributed by atoms with Gasteiger partial charge in [-0.25, -0.2) is 0 Å². The van der Waals surface area contributed by atoms with Gasteiger partial charge in [-0.05, 0) is 46.5 Å². The van der Waals surface area contributed by atoms with Crippen LogP contribution in [0.3, 0.4) is 0 Å². The molecule has 0 aliphatic rings. The molecule has 0 radical (unpaired) electrons. The number of hydrogen-bond acceptors (Lipinski definition) is 3. The molecule has 0 saturated heterocycles. The number of thiophene rings is 1. The predicted molar refractivity (Wildman–Crippen MR) is 77.2 cm³/mol. The van der Waals surface area contributed by atoms with Crippen LogP contribution in [-0.4, -0.2) is 6.61 Å². The Kier molecular flexibility index (Phi) is 4.79. The van der Waals surface area contributed by atoms with Crippen molar-refractivity contribution >= 4 is 11.3 Å². The summed E-state index contributed by atoms with van der Waals surface area (Å²) in [7, 11) is 0. The minimum atomic E-state index is 0.129. The van der Waals surface area contributed by atoms with E-state index >= 15 is 0 Å². The smallest absolute Gasteiger partial charge is 0.119 e. The molecule has 0 bridgehead atoms. The zero-order valence-corrected chi connectivity index (χ0v) is 11.5. The topological polar surface area (TPSA) is 35.2 Å². The molecule has 0 saturated carbocycles. The third kappa shape index (κ3) is 3.59. The van der Waals surface area contributed by atoms with Gasteiger partial charge < -0.3 is 10.5 Å². The zero-order valence-electron chi connectivity index (χ0n) is 10.6. The summed E-state index contributed by atoms with van der Waals surface area (Å²) in [4.78, 5) is 0. The highest BCUT2D eigenvalue weighted by Gasteiger charge is 2.03. The third-order valence-electron chi connectivity index (χ3n) is 2.99. The van der Waals surface area contributed by atoms with Crippen molar-refractivity contribution in [2.45, 2.75) is 25.8 Å². The molecule has 96 valence electrons. The van der Waals surface area contributed by atoms with Crippen LogP contribution in [0.2, 0.25) is 0 Å². The van der Waals surface area contributed by atoms with Crippen LogP contribution in [0.1, 0.15) is 30.5 Å². The summed E-state index contributed by atoms with van der Waals surface area (Å²) in [5.74, 6) is 0.914. The number of hydrogen-bond donors (Lipinski definition) is 1. The van der Waals surface area contributed by atoms with E-state index in [0.717, 1.165) is 25.2 Å². The molecular weight excluding hydrogens is 242 g/mol. The van der Waals surface area contributed by atoms with Gasteiger partial charge in [-0.3, -0.25) is 0 Å². The first-order valence-corrected chi connectivity index (χ1v) is 7.23. The summed E-state index contributed by atoms with van der Waals surface area (Å²) in [6.45, 7) is 2.81. The molecule has 0 amide bonds. The van der Waals surface area contributed by atoms with Gasteiger partial charge in [0, 0.05) is 12.5 Å². The molecule has 0 fully saturated rings. The molecule has 1 aromatic carbocycles. The molecule has 1 aromatic heterocycles. The largest absolute Gasteiger partial charge is 0.493 e. The monoisotopic (exact) mass is 261 g/mol. The van der Waals surface area contributed by atoms with E-state index in [0.29, 0.717) is 0 Å². The van der Waals surface area contributed by atoms with Gasteiger partial charge >= 0.3 is 0 Å². The van der Waals surface area contributed by atoms with Gasteiger partial charge in [0.1, 0.15) is 5.75 Å².